The van der Waals surface area contributed by atoms with E-state index in [0.29, 0.717) is 82.0 Å². The second-order valence-electron chi connectivity index (χ2n) is 23.5. The summed E-state index contributed by atoms with van der Waals surface area (Å²) in [5, 5.41) is 205. The van der Waals surface area contributed by atoms with E-state index in [4.69, 9.17) is 51.7 Å². The first-order chi connectivity index (χ1) is 47.3. The van der Waals surface area contributed by atoms with Crippen molar-refractivity contribution in [2.45, 2.75) is 181 Å². The summed E-state index contributed by atoms with van der Waals surface area (Å²) in [6.07, 6.45) is -12.7. The molecule has 0 spiro atoms. The molecule has 0 saturated heterocycles. The zero-order valence-corrected chi connectivity index (χ0v) is 59.1. The molecule has 0 aromatic heterocycles. The van der Waals surface area contributed by atoms with Crippen LogP contribution in [-0.4, -0.2) is 320 Å². The molecule has 34 N–H and O–H groups in total. The van der Waals surface area contributed by atoms with Gasteiger partial charge in [0.25, 0.3) is 0 Å². The Hall–Kier alpha value is -2.37. The van der Waals surface area contributed by atoms with E-state index in [2.05, 4.69) is 89.1 Å². The van der Waals surface area contributed by atoms with Crippen molar-refractivity contribution in [3.8, 4) is 0 Å². The molecule has 0 heterocycles. The van der Waals surface area contributed by atoms with Crippen molar-refractivity contribution in [1.29, 1.82) is 0 Å². The maximum atomic E-state index is 11.6. The van der Waals surface area contributed by atoms with Crippen LogP contribution in [0.1, 0.15) is 68.4 Å². The average molecular weight is 1480 g/mol. The Labute approximate surface area is 595 Å². The number of hydrogen-bond donors (Lipinski definition) is 33. The number of thiol groups is 2. The number of benzene rings is 2. The highest BCUT2D eigenvalue weighted by Crippen LogP contribution is 2.16. The van der Waals surface area contributed by atoms with Gasteiger partial charge in [0, 0.05) is 61.4 Å². The minimum Gasteiger partial charge on any atom is -0.378 e. The molecule has 2 aromatic carbocycles. The first-order valence-electron chi connectivity index (χ1n) is 33.1. The lowest BCUT2D eigenvalue weighted by Gasteiger charge is -2.36. The Morgan fingerprint density at radius 3 is 1.60 bits per heavy atom. The predicted molar refractivity (Wildman–Crippen MR) is 378 cm³/mol. The van der Waals surface area contributed by atoms with E-state index in [1.54, 1.807) is 43.3 Å². The van der Waals surface area contributed by atoms with Crippen LogP contribution in [0.4, 0.5) is 0 Å². The quantitative estimate of drug-likeness (QED) is 0.0127. The second-order valence-corrected chi connectivity index (χ2v) is 25.2. The zero-order chi connectivity index (χ0) is 73.5. The third-order valence-corrected chi connectivity index (χ3v) is 16.5. The molecule has 0 amide bonds. The Bertz CT molecular complexity index is 2270. The van der Waals surface area contributed by atoms with Crippen LogP contribution in [0.15, 0.2) is 60.8 Å². The van der Waals surface area contributed by atoms with Gasteiger partial charge >= 0.3 is 0 Å². The fourth-order valence-corrected chi connectivity index (χ4v) is 10.8. The lowest BCUT2D eigenvalue weighted by atomic mass is 10.0. The van der Waals surface area contributed by atoms with E-state index in [9.17, 15) is 66.4 Å². The van der Waals surface area contributed by atoms with Crippen LogP contribution in [0.5, 0.6) is 0 Å². The van der Waals surface area contributed by atoms with Crippen molar-refractivity contribution >= 4 is 43.1 Å². The molecule has 0 bridgehead atoms. The van der Waals surface area contributed by atoms with Crippen molar-refractivity contribution in [2.75, 3.05) is 109 Å². The van der Waals surface area contributed by atoms with Gasteiger partial charge in [0.1, 0.15) is 81.0 Å². The molecule has 0 aliphatic carbocycles. The highest BCUT2D eigenvalue weighted by atomic mass is 32.2. The third-order valence-electron chi connectivity index (χ3n) is 15.1. The molecule has 0 radical (unpaired) electrons. The predicted octanol–water partition coefficient (Wildman–Crippen LogP) is -8.75. The lowest BCUT2D eigenvalue weighted by Crippen LogP contribution is -2.64. The molecule has 578 valence electrons. The van der Waals surface area contributed by atoms with Gasteiger partial charge in [0.15, 0.2) is 6.29 Å². The number of hydrogen-bond acceptors (Lipinski definition) is 39. The fraction of sp³-hybridized carbons (Fsp3) is 0.767. The molecule has 2 rings (SSSR count). The normalized spacial score (nSPS) is 18.2. The Morgan fingerprint density at radius 2 is 1.02 bits per heavy atom. The van der Waals surface area contributed by atoms with Gasteiger partial charge in [0.05, 0.1) is 83.2 Å². The molecule has 39 heteroatoms. The molecule has 99 heavy (non-hydrogen) atoms. The number of nitrogens with two attached hydrogens (primary N) is 3. The van der Waals surface area contributed by atoms with Gasteiger partial charge < -0.3 is 108 Å². The molecule has 19 atom stereocenters. The first kappa shape index (κ1) is 92.7. The number of aliphatic hydroxyl groups is 14. The van der Waals surface area contributed by atoms with Gasteiger partial charge in [-0.05, 0) is 81.1 Å². The third kappa shape index (κ3) is 44.3. The van der Waals surface area contributed by atoms with Gasteiger partial charge in [-0.25, -0.2) is 0 Å². The first-order valence-corrected chi connectivity index (χ1v) is 35.7. The Balaban J connectivity index is 2.03. The number of unbranched alkanes of at least 4 members (excludes halogenated alkanes) is 1. The zero-order valence-electron chi connectivity index (χ0n) is 56.5. The smallest absolute Gasteiger partial charge is 0.153 e. The number of hydroxylamine groups is 2. The average Bonchev–Trinajstić information content (AvgIpc) is 0.931. The molecule has 13 unspecified atom stereocenters. The van der Waals surface area contributed by atoms with E-state index in [1.807, 2.05) is 24.5 Å². The summed E-state index contributed by atoms with van der Waals surface area (Å²) in [5.41, 5.74) is 18.6. The van der Waals surface area contributed by atoms with E-state index in [-0.39, 0.29) is 69.2 Å². The summed E-state index contributed by atoms with van der Waals surface area (Å²) < 4.78 is 21.6. The topological polar surface area (TPSA) is 586 Å². The minimum atomic E-state index is -2.01. The van der Waals surface area contributed by atoms with Crippen LogP contribution >= 0.6 is 37.0 Å². The van der Waals surface area contributed by atoms with Gasteiger partial charge in [-0.1, -0.05) is 61.0 Å². The van der Waals surface area contributed by atoms with E-state index >= 15 is 0 Å². The maximum absolute atomic E-state index is 11.6. The summed E-state index contributed by atoms with van der Waals surface area (Å²) in [6.45, 7) is 4.09. The summed E-state index contributed by atoms with van der Waals surface area (Å²) >= 11 is 10.2. The number of thioether (sulfide) groups is 1. The number of ether oxygens (including phenoxy) is 4. The van der Waals surface area contributed by atoms with Crippen molar-refractivity contribution in [2.24, 2.45) is 17.2 Å². The molecule has 2 aromatic rings. The SMILES string of the molecule is CSCC(O)N[C@@H](CCCCNC(O)c1ccc(/C=C/N(O)O)cc1)C(O)N[C@@H](CS)C(O)N[C@@H](CCCNC(N)N)C(O)NCC(O)N[C@@H](CC(O)O)C(O)N[C@@H](CS)C(O)N[C@@H](Cc1ccccc1)C(O)NC(C)C(O)NCCOCCOCCOCCNC(O)COCC(N)O. The molecule has 36 nitrogen and oxygen atoms in total. The minimum absolute atomic E-state index is 0.0322. The van der Waals surface area contributed by atoms with Gasteiger partial charge in [-0.2, -0.15) is 37.0 Å². The summed E-state index contributed by atoms with van der Waals surface area (Å²) in [7, 11) is 0. The second kappa shape index (κ2) is 56.0. The number of rotatable bonds is 64. The summed E-state index contributed by atoms with van der Waals surface area (Å²) in [6, 6.07) is 9.06. The summed E-state index contributed by atoms with van der Waals surface area (Å²) in [5.74, 6) is 0.150. The molecule has 0 aliphatic heterocycles. The van der Waals surface area contributed by atoms with E-state index in [0.717, 1.165) is 11.8 Å². The van der Waals surface area contributed by atoms with Crippen molar-refractivity contribution in [3.05, 3.63) is 77.5 Å². The summed E-state index contributed by atoms with van der Waals surface area (Å²) in [4.78, 5) is 0. The number of nitrogens with one attached hydrogen (secondary N) is 12. The van der Waals surface area contributed by atoms with Crippen LogP contribution in [0, 0.1) is 0 Å². The maximum Gasteiger partial charge on any atom is 0.153 e. The van der Waals surface area contributed by atoms with Gasteiger partial charge in [-0.3, -0.25) is 74.2 Å². The standard InChI is InChI=1S/C60H120N16O20S3/c1-37(52(83)66-21-24-94-26-28-95-27-25-93-23-20-64-49(79)33-96-32-47(61)77)69-56(87)43(29-39-9-4-3-5-10-39)73-59(90)46(35-98)75-57(88)44(30-51(81)82)71-48(78)31-68-54(85)41(12-8-19-67-60(62)63)72-58(89)45(34-97)74-55(86)42(70-50(80)36-99-2)11-6-7-18-65-53(84)40-15-13-38(14-16-40)17-22-76(91)92/h3-5,9-10,13-17,22,37,41-60,64-75,77-92,97-98H,6-8,11-12,18-21,23-36,61-63H2,1-2H3/b22-17+/t37?,41-,42-,43-,44-,45-,46-,47?,48?,49?,50?,52?,53?,54?,55?,56?,57?,58?,59?/m0/s1. The fourth-order valence-electron chi connectivity index (χ4n) is 9.78. The highest BCUT2D eigenvalue weighted by Gasteiger charge is 2.34. The molecular weight excluding hydrogens is 1360 g/mol. The molecule has 0 aliphatic rings. The monoisotopic (exact) mass is 1480 g/mol. The Kier molecular flexibility index (Phi) is 52.5. The van der Waals surface area contributed by atoms with Crippen molar-refractivity contribution in [3.63, 3.8) is 0 Å². The van der Waals surface area contributed by atoms with Crippen LogP contribution in [-0.2, 0) is 25.4 Å². The van der Waals surface area contributed by atoms with Gasteiger partial charge in [-0.15, -0.1) is 5.23 Å². The highest BCUT2D eigenvalue weighted by molar-refractivity contribution is 7.98. The van der Waals surface area contributed by atoms with Crippen LogP contribution in [0.25, 0.3) is 6.08 Å². The number of aliphatic hydroxyl groups excluding tert-OH is 13. The molecule has 0 saturated carbocycles. The van der Waals surface area contributed by atoms with Crippen LogP contribution in [0.2, 0.25) is 0 Å². The molecule has 0 fully saturated rings. The lowest BCUT2D eigenvalue weighted by molar-refractivity contribution is -0.266. The van der Waals surface area contributed by atoms with Crippen molar-refractivity contribution in [1.82, 2.24) is 69.0 Å². The van der Waals surface area contributed by atoms with Crippen LogP contribution < -0.4 is 81.0 Å². The van der Waals surface area contributed by atoms with Gasteiger partial charge in [0.2, 0.25) is 0 Å². The van der Waals surface area contributed by atoms with Crippen molar-refractivity contribution < 1.29 is 101 Å². The molecular formula is C60H120N16O20S3. The largest absolute Gasteiger partial charge is 0.378 e. The Morgan fingerprint density at radius 1 is 0.495 bits per heavy atom. The van der Waals surface area contributed by atoms with Crippen LogP contribution in [0.3, 0.4) is 0 Å². The van der Waals surface area contributed by atoms with E-state index in [1.165, 1.54) is 17.8 Å². The number of nitrogens with zero attached hydrogens (tertiary/aromatic N) is 1. The van der Waals surface area contributed by atoms with E-state index < -0.39 is 143 Å².